The first-order chi connectivity index (χ1) is 7.20. The van der Waals surface area contributed by atoms with Gasteiger partial charge in [0, 0.05) is 4.90 Å². The van der Waals surface area contributed by atoms with Crippen LogP contribution in [0.4, 0.5) is 13.2 Å². The van der Waals surface area contributed by atoms with Crippen molar-refractivity contribution in [3.8, 4) is 5.75 Å². The van der Waals surface area contributed by atoms with Gasteiger partial charge >= 0.3 is 12.6 Å². The minimum atomic E-state index is -4.52. The van der Waals surface area contributed by atoms with Gasteiger partial charge in [0.05, 0.1) is 0 Å². The van der Waals surface area contributed by atoms with Crippen molar-refractivity contribution in [3.05, 3.63) is 17.7 Å². The molecule has 0 heterocycles. The van der Waals surface area contributed by atoms with Gasteiger partial charge in [0.1, 0.15) is 5.75 Å². The van der Waals surface area contributed by atoms with Crippen molar-refractivity contribution in [2.45, 2.75) is 17.3 Å². The highest BCUT2D eigenvalue weighted by Crippen LogP contribution is 2.38. The molecule has 0 aliphatic carbocycles. The molecular weight excluding hydrogens is 244 g/mol. The lowest BCUT2D eigenvalue weighted by Gasteiger charge is -2.13. The van der Waals surface area contributed by atoms with Gasteiger partial charge in [-0.3, -0.25) is 0 Å². The summed E-state index contributed by atoms with van der Waals surface area (Å²) < 4.78 is 36.6. The summed E-state index contributed by atoms with van der Waals surface area (Å²) in [6.07, 6.45) is 0. The maximum Gasteiger partial charge on any atom is 0.489 e. The Morgan fingerprint density at radius 3 is 2.25 bits per heavy atom. The maximum atomic E-state index is 12.2. The lowest BCUT2D eigenvalue weighted by atomic mass is 9.79. The van der Waals surface area contributed by atoms with Crippen molar-refractivity contribution in [2.75, 3.05) is 0 Å². The normalized spacial score (nSPS) is 11.6. The average molecular weight is 252 g/mol. The second-order valence-electron chi connectivity index (χ2n) is 3.10. The summed E-state index contributed by atoms with van der Waals surface area (Å²) in [5, 5.41) is 27.0. The molecule has 1 aromatic carbocycles. The number of rotatable bonds is 2. The zero-order chi connectivity index (χ0) is 12.5. The van der Waals surface area contributed by atoms with Crippen LogP contribution in [-0.2, 0) is 0 Å². The molecule has 0 amide bonds. The van der Waals surface area contributed by atoms with Crippen LogP contribution in [0.2, 0.25) is 0 Å². The van der Waals surface area contributed by atoms with Crippen molar-refractivity contribution in [1.82, 2.24) is 0 Å². The number of benzene rings is 1. The molecule has 16 heavy (non-hydrogen) atoms. The van der Waals surface area contributed by atoms with E-state index in [1.54, 1.807) is 0 Å². The predicted octanol–water partition coefficient (Wildman–Crippen LogP) is 0.992. The molecule has 1 aromatic rings. The van der Waals surface area contributed by atoms with Crippen molar-refractivity contribution in [1.29, 1.82) is 0 Å². The SMILES string of the molecule is Cc1cc(O)cc(B(O)O)c1SC(F)(F)F. The molecule has 0 radical (unpaired) electrons. The number of hydrogen-bond acceptors (Lipinski definition) is 4. The summed E-state index contributed by atoms with van der Waals surface area (Å²) in [6, 6.07) is 2.02. The number of phenolic OH excluding ortho intramolecular Hbond substituents is 1. The highest BCUT2D eigenvalue weighted by molar-refractivity contribution is 8.00. The number of aryl methyl sites for hydroxylation is 1. The van der Waals surface area contributed by atoms with E-state index in [1.165, 1.54) is 6.92 Å². The Morgan fingerprint density at radius 2 is 1.81 bits per heavy atom. The summed E-state index contributed by atoms with van der Waals surface area (Å²) in [5.74, 6) is -0.313. The third-order valence-electron chi connectivity index (χ3n) is 1.78. The van der Waals surface area contributed by atoms with E-state index in [-0.39, 0.29) is 21.7 Å². The number of halogens is 3. The van der Waals surface area contributed by atoms with Crippen molar-refractivity contribution < 1.29 is 28.3 Å². The first-order valence-corrected chi connectivity index (χ1v) is 4.98. The molecule has 3 N–H and O–H groups in total. The van der Waals surface area contributed by atoms with Crippen LogP contribution in [-0.4, -0.2) is 27.8 Å². The Kier molecular flexibility index (Phi) is 3.77. The number of thioether (sulfide) groups is 1. The molecule has 0 atom stereocenters. The van der Waals surface area contributed by atoms with E-state index in [2.05, 4.69) is 0 Å². The van der Waals surface area contributed by atoms with Gasteiger partial charge in [-0.15, -0.1) is 0 Å². The summed E-state index contributed by atoms with van der Waals surface area (Å²) in [6.45, 7) is 1.35. The predicted molar refractivity (Wildman–Crippen MR) is 54.6 cm³/mol. The van der Waals surface area contributed by atoms with Gasteiger partial charge in [-0.2, -0.15) is 13.2 Å². The van der Waals surface area contributed by atoms with Crippen molar-refractivity contribution in [2.24, 2.45) is 0 Å². The van der Waals surface area contributed by atoms with E-state index in [1.807, 2.05) is 0 Å². The summed E-state index contributed by atoms with van der Waals surface area (Å²) in [4.78, 5) is -0.305. The lowest BCUT2D eigenvalue weighted by Crippen LogP contribution is -2.32. The van der Waals surface area contributed by atoms with E-state index < -0.39 is 24.4 Å². The Bertz CT molecular complexity index is 395. The van der Waals surface area contributed by atoms with Crippen LogP contribution in [0.1, 0.15) is 5.56 Å². The number of aromatic hydroxyl groups is 1. The van der Waals surface area contributed by atoms with Crippen LogP contribution in [0.15, 0.2) is 17.0 Å². The van der Waals surface area contributed by atoms with Gasteiger partial charge in [0.25, 0.3) is 0 Å². The van der Waals surface area contributed by atoms with Gasteiger partial charge in [-0.05, 0) is 41.8 Å². The third kappa shape index (κ3) is 3.33. The molecule has 0 aromatic heterocycles. The van der Waals surface area contributed by atoms with Gasteiger partial charge in [0.15, 0.2) is 0 Å². The average Bonchev–Trinajstić information content (AvgIpc) is 2.07. The van der Waals surface area contributed by atoms with E-state index >= 15 is 0 Å². The zero-order valence-corrected chi connectivity index (χ0v) is 8.93. The Morgan fingerprint density at radius 1 is 1.25 bits per heavy atom. The van der Waals surface area contributed by atoms with E-state index in [0.29, 0.717) is 0 Å². The molecule has 3 nitrogen and oxygen atoms in total. The topological polar surface area (TPSA) is 60.7 Å². The molecule has 88 valence electrons. The van der Waals surface area contributed by atoms with Crippen LogP contribution in [0.25, 0.3) is 0 Å². The van der Waals surface area contributed by atoms with E-state index in [9.17, 15) is 13.2 Å². The van der Waals surface area contributed by atoms with Crippen LogP contribution < -0.4 is 5.46 Å². The standard InChI is InChI=1S/C8H8BF3O3S/c1-4-2-5(13)3-6(9(14)15)7(4)16-8(10,11)12/h2-3,13-15H,1H3. The molecule has 0 spiro atoms. The number of alkyl halides is 3. The second-order valence-corrected chi connectivity index (χ2v) is 4.18. The van der Waals surface area contributed by atoms with E-state index in [4.69, 9.17) is 15.2 Å². The minimum absolute atomic E-state index is 0.130. The van der Waals surface area contributed by atoms with Crippen LogP contribution in [0.5, 0.6) is 5.75 Å². The molecule has 0 saturated heterocycles. The monoisotopic (exact) mass is 252 g/mol. The first kappa shape index (κ1) is 13.2. The maximum absolute atomic E-state index is 12.2. The molecule has 0 bridgehead atoms. The lowest BCUT2D eigenvalue weighted by molar-refractivity contribution is -0.0328. The third-order valence-corrected chi connectivity index (χ3v) is 2.78. The summed E-state index contributed by atoms with van der Waals surface area (Å²) in [7, 11) is -2.06. The Labute approximate surface area is 94.1 Å². The first-order valence-electron chi connectivity index (χ1n) is 4.16. The largest absolute Gasteiger partial charge is 0.508 e. The fourth-order valence-electron chi connectivity index (χ4n) is 1.23. The van der Waals surface area contributed by atoms with Crippen molar-refractivity contribution in [3.63, 3.8) is 0 Å². The molecule has 0 aliphatic heterocycles. The smallest absolute Gasteiger partial charge is 0.489 e. The molecule has 0 fully saturated rings. The molecule has 0 unspecified atom stereocenters. The van der Waals surface area contributed by atoms with Crippen LogP contribution in [0, 0.1) is 6.92 Å². The number of phenols is 1. The number of hydrogen-bond donors (Lipinski definition) is 3. The Balaban J connectivity index is 3.25. The van der Waals surface area contributed by atoms with Gasteiger partial charge < -0.3 is 15.2 Å². The Hall–Kier alpha value is -0.855. The quantitative estimate of drug-likeness (QED) is 0.542. The molecule has 0 aliphatic rings. The fraction of sp³-hybridized carbons (Fsp3) is 0.250. The molecule has 0 saturated carbocycles. The molecule has 8 heteroatoms. The van der Waals surface area contributed by atoms with Gasteiger partial charge in [-0.25, -0.2) is 0 Å². The molecular formula is C8H8BF3O3S. The van der Waals surface area contributed by atoms with Crippen molar-refractivity contribution >= 4 is 24.3 Å². The van der Waals surface area contributed by atoms with Crippen LogP contribution >= 0.6 is 11.8 Å². The highest BCUT2D eigenvalue weighted by Gasteiger charge is 2.33. The summed E-state index contributed by atoms with van der Waals surface area (Å²) >= 11 is -0.440. The van der Waals surface area contributed by atoms with Gasteiger partial charge in [0.2, 0.25) is 0 Å². The fourth-order valence-corrected chi connectivity index (χ4v) is 1.96. The zero-order valence-electron chi connectivity index (χ0n) is 8.12. The van der Waals surface area contributed by atoms with Crippen LogP contribution in [0.3, 0.4) is 0 Å². The summed E-state index contributed by atoms with van der Waals surface area (Å²) in [5.41, 5.74) is -4.75. The minimum Gasteiger partial charge on any atom is -0.508 e. The molecule has 1 rings (SSSR count). The highest BCUT2D eigenvalue weighted by atomic mass is 32.2. The van der Waals surface area contributed by atoms with E-state index in [0.717, 1.165) is 12.1 Å². The van der Waals surface area contributed by atoms with Gasteiger partial charge in [-0.1, -0.05) is 0 Å². The second kappa shape index (κ2) is 4.56.